The molecular formula is C25H33N3O4. The number of hydrogen-bond acceptors (Lipinski definition) is 5. The number of ether oxygens (including phenoxy) is 2. The van der Waals surface area contributed by atoms with E-state index < -0.39 is 0 Å². The number of amides is 2. The fraction of sp³-hybridized carbons (Fsp3) is 0.440. The van der Waals surface area contributed by atoms with Gasteiger partial charge in [-0.3, -0.25) is 9.59 Å². The average molecular weight is 440 g/mol. The number of methoxy groups -OCH3 is 2. The number of piperidine rings is 1. The SMILES string of the molecule is COc1cc(OC)cc(C(=O)Nc2ccc(N3CCC(C)CC3)c(C(=O)NC(C)C)c2)c1. The summed E-state index contributed by atoms with van der Waals surface area (Å²) in [6.07, 6.45) is 2.20. The summed E-state index contributed by atoms with van der Waals surface area (Å²) < 4.78 is 10.5. The maximum absolute atomic E-state index is 13.0. The monoisotopic (exact) mass is 439 g/mol. The van der Waals surface area contributed by atoms with Crippen LogP contribution < -0.4 is 25.0 Å². The van der Waals surface area contributed by atoms with E-state index in [0.29, 0.717) is 34.2 Å². The van der Waals surface area contributed by atoms with Gasteiger partial charge < -0.3 is 25.0 Å². The molecule has 1 aliphatic rings. The highest BCUT2D eigenvalue weighted by molar-refractivity contribution is 6.06. The minimum Gasteiger partial charge on any atom is -0.497 e. The topological polar surface area (TPSA) is 79.9 Å². The quantitative estimate of drug-likeness (QED) is 0.671. The molecule has 7 heteroatoms. The van der Waals surface area contributed by atoms with Gasteiger partial charge in [0.05, 0.1) is 19.8 Å². The third kappa shape index (κ3) is 5.72. The Hall–Kier alpha value is -3.22. The van der Waals surface area contributed by atoms with E-state index in [2.05, 4.69) is 22.5 Å². The molecule has 172 valence electrons. The van der Waals surface area contributed by atoms with Gasteiger partial charge in [-0.1, -0.05) is 6.92 Å². The van der Waals surface area contributed by atoms with Crippen LogP contribution in [0.1, 0.15) is 54.3 Å². The lowest BCUT2D eigenvalue weighted by atomic mass is 9.97. The molecule has 0 saturated carbocycles. The smallest absolute Gasteiger partial charge is 0.255 e. The zero-order valence-electron chi connectivity index (χ0n) is 19.5. The maximum atomic E-state index is 13.0. The summed E-state index contributed by atoms with van der Waals surface area (Å²) in [5.74, 6) is 1.30. The molecule has 32 heavy (non-hydrogen) atoms. The number of nitrogens with zero attached hydrogens (tertiary/aromatic N) is 1. The van der Waals surface area contributed by atoms with Crippen molar-refractivity contribution >= 4 is 23.2 Å². The second-order valence-corrected chi connectivity index (χ2v) is 8.59. The highest BCUT2D eigenvalue weighted by Gasteiger charge is 2.22. The molecular weight excluding hydrogens is 406 g/mol. The third-order valence-electron chi connectivity index (χ3n) is 5.66. The standard InChI is InChI=1S/C25H33N3O4/c1-16(2)26-25(30)22-14-19(6-7-23(22)28-10-8-17(3)9-11-28)27-24(29)18-12-20(31-4)15-21(13-18)32-5/h6-7,12-17H,8-11H2,1-5H3,(H,26,30)(H,27,29). The number of benzene rings is 2. The number of rotatable bonds is 7. The maximum Gasteiger partial charge on any atom is 0.255 e. The highest BCUT2D eigenvalue weighted by atomic mass is 16.5. The van der Waals surface area contributed by atoms with Gasteiger partial charge in [0.2, 0.25) is 0 Å². The van der Waals surface area contributed by atoms with Crippen LogP contribution in [0.15, 0.2) is 36.4 Å². The van der Waals surface area contributed by atoms with Crippen LogP contribution in [0.3, 0.4) is 0 Å². The van der Waals surface area contributed by atoms with E-state index in [-0.39, 0.29) is 17.9 Å². The van der Waals surface area contributed by atoms with E-state index in [1.165, 1.54) is 14.2 Å². The van der Waals surface area contributed by atoms with Gasteiger partial charge in [0.15, 0.2) is 0 Å². The molecule has 7 nitrogen and oxygen atoms in total. The van der Waals surface area contributed by atoms with Crippen molar-refractivity contribution in [2.24, 2.45) is 5.92 Å². The Morgan fingerprint density at radius 3 is 2.16 bits per heavy atom. The Kier molecular flexibility index (Phi) is 7.62. The van der Waals surface area contributed by atoms with E-state index in [9.17, 15) is 9.59 Å². The largest absolute Gasteiger partial charge is 0.497 e. The summed E-state index contributed by atoms with van der Waals surface area (Å²) in [7, 11) is 3.08. The first-order valence-electron chi connectivity index (χ1n) is 11.0. The van der Waals surface area contributed by atoms with Crippen molar-refractivity contribution in [2.45, 2.75) is 39.7 Å². The molecule has 2 N–H and O–H groups in total. The van der Waals surface area contributed by atoms with Gasteiger partial charge in [0.1, 0.15) is 11.5 Å². The van der Waals surface area contributed by atoms with Crippen LogP contribution in [0.4, 0.5) is 11.4 Å². The molecule has 0 spiro atoms. The van der Waals surface area contributed by atoms with E-state index >= 15 is 0 Å². The van der Waals surface area contributed by atoms with Gasteiger partial charge in [0, 0.05) is 42.1 Å². The first-order valence-corrected chi connectivity index (χ1v) is 11.0. The van der Waals surface area contributed by atoms with Gasteiger partial charge in [0.25, 0.3) is 11.8 Å². The molecule has 0 aromatic heterocycles. The van der Waals surface area contributed by atoms with Crippen LogP contribution in [0.2, 0.25) is 0 Å². The Labute approximate surface area is 190 Å². The van der Waals surface area contributed by atoms with E-state index in [0.717, 1.165) is 31.6 Å². The Morgan fingerprint density at radius 2 is 1.59 bits per heavy atom. The molecule has 0 bridgehead atoms. The number of anilines is 2. The first-order chi connectivity index (χ1) is 15.3. The van der Waals surface area contributed by atoms with Crippen LogP contribution in [-0.4, -0.2) is 45.2 Å². The molecule has 0 atom stereocenters. The van der Waals surface area contributed by atoms with Crippen molar-refractivity contribution in [3.63, 3.8) is 0 Å². The van der Waals surface area contributed by atoms with Crippen LogP contribution in [-0.2, 0) is 0 Å². The van der Waals surface area contributed by atoms with Crippen molar-refractivity contribution in [1.29, 1.82) is 0 Å². The second-order valence-electron chi connectivity index (χ2n) is 8.59. The molecule has 2 amide bonds. The van der Waals surface area contributed by atoms with E-state index in [1.807, 2.05) is 26.0 Å². The summed E-state index contributed by atoms with van der Waals surface area (Å²) in [5, 5.41) is 5.88. The Balaban J connectivity index is 1.88. The van der Waals surface area contributed by atoms with Gasteiger partial charge in [-0.2, -0.15) is 0 Å². The average Bonchev–Trinajstić information content (AvgIpc) is 2.78. The molecule has 1 aliphatic heterocycles. The fourth-order valence-electron chi connectivity index (χ4n) is 3.80. The predicted molar refractivity (Wildman–Crippen MR) is 127 cm³/mol. The number of carbonyl (C=O) groups excluding carboxylic acids is 2. The molecule has 0 radical (unpaired) electrons. The summed E-state index contributed by atoms with van der Waals surface area (Å²) in [4.78, 5) is 28.1. The molecule has 0 unspecified atom stereocenters. The number of carbonyl (C=O) groups is 2. The van der Waals surface area contributed by atoms with Crippen molar-refractivity contribution < 1.29 is 19.1 Å². The van der Waals surface area contributed by atoms with Crippen molar-refractivity contribution in [3.05, 3.63) is 47.5 Å². The van der Waals surface area contributed by atoms with Gasteiger partial charge in [-0.25, -0.2) is 0 Å². The molecule has 2 aromatic rings. The summed E-state index contributed by atoms with van der Waals surface area (Å²) in [5.41, 5.74) is 2.42. The van der Waals surface area contributed by atoms with Gasteiger partial charge in [-0.05, 0) is 62.9 Å². The van der Waals surface area contributed by atoms with E-state index in [4.69, 9.17) is 9.47 Å². The van der Waals surface area contributed by atoms with Crippen molar-refractivity contribution in [3.8, 4) is 11.5 Å². The normalized spacial score (nSPS) is 14.2. The van der Waals surface area contributed by atoms with Crippen LogP contribution in [0, 0.1) is 5.92 Å². The van der Waals surface area contributed by atoms with Crippen molar-refractivity contribution in [1.82, 2.24) is 5.32 Å². The number of hydrogen-bond donors (Lipinski definition) is 2. The Morgan fingerprint density at radius 1 is 0.969 bits per heavy atom. The minimum atomic E-state index is -0.308. The Bertz CT molecular complexity index is 943. The lowest BCUT2D eigenvalue weighted by molar-refractivity contribution is 0.0942. The van der Waals surface area contributed by atoms with Crippen LogP contribution in [0.25, 0.3) is 0 Å². The summed E-state index contributed by atoms with van der Waals surface area (Å²) in [6.45, 7) is 7.96. The minimum absolute atomic E-state index is 0.0132. The van der Waals surface area contributed by atoms with Gasteiger partial charge in [-0.15, -0.1) is 0 Å². The molecule has 1 saturated heterocycles. The predicted octanol–water partition coefficient (Wildman–Crippen LogP) is 4.33. The zero-order chi connectivity index (χ0) is 23.3. The fourth-order valence-corrected chi connectivity index (χ4v) is 3.80. The molecule has 0 aliphatic carbocycles. The summed E-state index contributed by atoms with van der Waals surface area (Å²) >= 11 is 0. The highest BCUT2D eigenvalue weighted by Crippen LogP contribution is 2.29. The molecule has 3 rings (SSSR count). The molecule has 1 fully saturated rings. The molecule has 1 heterocycles. The first kappa shape index (κ1) is 23.4. The zero-order valence-corrected chi connectivity index (χ0v) is 19.5. The van der Waals surface area contributed by atoms with Gasteiger partial charge >= 0.3 is 0 Å². The van der Waals surface area contributed by atoms with Crippen LogP contribution in [0.5, 0.6) is 11.5 Å². The van der Waals surface area contributed by atoms with Crippen LogP contribution >= 0.6 is 0 Å². The molecule has 2 aromatic carbocycles. The van der Waals surface area contributed by atoms with E-state index in [1.54, 1.807) is 24.3 Å². The lowest BCUT2D eigenvalue weighted by Gasteiger charge is -2.33. The second kappa shape index (κ2) is 10.4. The van der Waals surface area contributed by atoms with Crippen molar-refractivity contribution in [2.75, 3.05) is 37.5 Å². The lowest BCUT2D eigenvalue weighted by Crippen LogP contribution is -2.36. The summed E-state index contributed by atoms with van der Waals surface area (Å²) in [6, 6.07) is 10.5. The third-order valence-corrected chi connectivity index (χ3v) is 5.66. The number of nitrogens with one attached hydrogen (secondary N) is 2.